The van der Waals surface area contributed by atoms with Crippen LogP contribution in [0.15, 0.2) is 29.1 Å². The molecule has 1 heterocycles. The van der Waals surface area contributed by atoms with Crippen LogP contribution < -0.4 is 0 Å². The van der Waals surface area contributed by atoms with E-state index >= 15 is 0 Å². The molecular weight excluding hydrogens is 118 g/mol. The van der Waals surface area contributed by atoms with E-state index in [9.17, 15) is 4.79 Å². The Morgan fingerprint density at radius 2 is 2.56 bits per heavy atom. The molecule has 9 heavy (non-hydrogen) atoms. The van der Waals surface area contributed by atoms with E-state index in [2.05, 4.69) is 9.99 Å². The molecule has 0 spiro atoms. The number of hydrogen-bond donors (Lipinski definition) is 0. The van der Waals surface area contributed by atoms with Crippen molar-refractivity contribution < 1.29 is 9.63 Å². The fourth-order valence-electron chi connectivity index (χ4n) is 0.425. The quantitative estimate of drug-likeness (QED) is 0.480. The second kappa shape index (κ2) is 2.81. The number of oxime groups is 1. The number of carbonyl (C=O) groups excluding carboxylic acids is 1. The summed E-state index contributed by atoms with van der Waals surface area (Å²) in [5.41, 5.74) is 0.503. The van der Waals surface area contributed by atoms with E-state index in [-0.39, 0.29) is 0 Å². The standard InChI is InChI=1S/C6H5NO2/c8-5-6-2-1-3-9-7-4-6/h1-5H. The lowest BCUT2D eigenvalue weighted by atomic mass is 10.3. The van der Waals surface area contributed by atoms with Crippen LogP contribution in [0.3, 0.4) is 0 Å². The number of aldehydes is 1. The predicted octanol–water partition coefficient (Wildman–Crippen LogP) is 0.641. The number of nitrogens with zero attached hydrogens (tertiary/aromatic N) is 1. The summed E-state index contributed by atoms with van der Waals surface area (Å²) in [5.74, 6) is 0. The van der Waals surface area contributed by atoms with Crippen molar-refractivity contribution in [3.05, 3.63) is 24.0 Å². The van der Waals surface area contributed by atoms with Gasteiger partial charge in [-0.2, -0.15) is 0 Å². The van der Waals surface area contributed by atoms with Gasteiger partial charge in [0.05, 0.1) is 6.21 Å². The maximum atomic E-state index is 10.1. The highest BCUT2D eigenvalue weighted by Gasteiger charge is 1.88. The second-order valence-corrected chi connectivity index (χ2v) is 1.45. The Bertz CT molecular complexity index is 191. The van der Waals surface area contributed by atoms with Crippen LogP contribution in [0.5, 0.6) is 0 Å². The maximum Gasteiger partial charge on any atom is 0.151 e. The average molecular weight is 123 g/mol. The topological polar surface area (TPSA) is 38.7 Å². The minimum Gasteiger partial charge on any atom is -0.365 e. The highest BCUT2D eigenvalue weighted by Crippen LogP contribution is 1.92. The van der Waals surface area contributed by atoms with Crippen molar-refractivity contribution in [3.8, 4) is 0 Å². The van der Waals surface area contributed by atoms with Gasteiger partial charge >= 0.3 is 0 Å². The third-order valence-electron chi connectivity index (χ3n) is 0.827. The lowest BCUT2D eigenvalue weighted by Crippen LogP contribution is -1.82. The van der Waals surface area contributed by atoms with Gasteiger partial charge in [0.15, 0.2) is 6.29 Å². The number of hydrogen-bond acceptors (Lipinski definition) is 3. The third-order valence-corrected chi connectivity index (χ3v) is 0.827. The number of allylic oxidation sites excluding steroid dienone is 3. The fourth-order valence-corrected chi connectivity index (χ4v) is 0.425. The van der Waals surface area contributed by atoms with Crippen LogP contribution in [0.1, 0.15) is 0 Å². The molecule has 1 aliphatic heterocycles. The van der Waals surface area contributed by atoms with Crippen molar-refractivity contribution in [1.82, 2.24) is 0 Å². The van der Waals surface area contributed by atoms with Gasteiger partial charge in [-0.1, -0.05) is 5.16 Å². The average Bonchev–Trinajstić information content (AvgIpc) is 2.13. The van der Waals surface area contributed by atoms with Crippen molar-refractivity contribution >= 4 is 12.5 Å². The first-order chi connectivity index (χ1) is 4.43. The molecule has 0 N–H and O–H groups in total. The van der Waals surface area contributed by atoms with Gasteiger partial charge in [-0.05, 0) is 12.2 Å². The lowest BCUT2D eigenvalue weighted by Gasteiger charge is -1.80. The van der Waals surface area contributed by atoms with Crippen molar-refractivity contribution in [3.63, 3.8) is 0 Å². The number of rotatable bonds is 1. The zero-order chi connectivity index (χ0) is 6.53. The Morgan fingerprint density at radius 1 is 1.67 bits per heavy atom. The van der Waals surface area contributed by atoms with Gasteiger partial charge in [-0.15, -0.1) is 0 Å². The first-order valence-corrected chi connectivity index (χ1v) is 2.44. The molecule has 0 saturated heterocycles. The van der Waals surface area contributed by atoms with Crippen molar-refractivity contribution in [2.75, 3.05) is 0 Å². The minimum absolute atomic E-state index is 0.503. The molecule has 3 nitrogen and oxygen atoms in total. The molecule has 1 rings (SSSR count). The largest absolute Gasteiger partial charge is 0.365 e. The summed E-state index contributed by atoms with van der Waals surface area (Å²) in [4.78, 5) is 14.6. The summed E-state index contributed by atoms with van der Waals surface area (Å²) >= 11 is 0. The Balaban J connectivity index is 2.78. The lowest BCUT2D eigenvalue weighted by molar-refractivity contribution is -0.104. The molecule has 0 saturated carbocycles. The predicted molar refractivity (Wildman–Crippen MR) is 32.9 cm³/mol. The summed E-state index contributed by atoms with van der Waals surface area (Å²) in [6.07, 6.45) is 6.68. The van der Waals surface area contributed by atoms with Crippen LogP contribution in [0, 0.1) is 0 Å². The van der Waals surface area contributed by atoms with E-state index < -0.39 is 0 Å². The second-order valence-electron chi connectivity index (χ2n) is 1.45. The molecule has 0 aromatic rings. The molecule has 1 aliphatic rings. The molecule has 0 radical (unpaired) electrons. The van der Waals surface area contributed by atoms with E-state index in [1.807, 2.05) is 0 Å². The van der Waals surface area contributed by atoms with E-state index in [1.54, 1.807) is 12.2 Å². The van der Waals surface area contributed by atoms with Crippen LogP contribution in [-0.4, -0.2) is 12.5 Å². The summed E-state index contributed by atoms with van der Waals surface area (Å²) in [5, 5.41) is 3.41. The van der Waals surface area contributed by atoms with Crippen molar-refractivity contribution in [1.29, 1.82) is 0 Å². The highest BCUT2D eigenvalue weighted by atomic mass is 16.6. The van der Waals surface area contributed by atoms with Crippen LogP contribution >= 0.6 is 0 Å². The Labute approximate surface area is 52.3 Å². The molecule has 3 heteroatoms. The summed E-state index contributed by atoms with van der Waals surface area (Å²) in [6.45, 7) is 0. The van der Waals surface area contributed by atoms with E-state index in [1.165, 1.54) is 12.5 Å². The normalized spacial score (nSPS) is 15.8. The molecule has 0 aromatic heterocycles. The van der Waals surface area contributed by atoms with Gasteiger partial charge in [0.1, 0.15) is 6.26 Å². The Hall–Kier alpha value is -1.38. The summed E-state index contributed by atoms with van der Waals surface area (Å²) in [7, 11) is 0. The molecule has 0 aromatic carbocycles. The molecule has 0 atom stereocenters. The maximum absolute atomic E-state index is 10.1. The van der Waals surface area contributed by atoms with Crippen molar-refractivity contribution in [2.45, 2.75) is 0 Å². The van der Waals surface area contributed by atoms with Gasteiger partial charge in [-0.25, -0.2) is 0 Å². The molecule has 0 amide bonds. The van der Waals surface area contributed by atoms with Gasteiger partial charge in [0.2, 0.25) is 0 Å². The van der Waals surface area contributed by atoms with Crippen LogP contribution in [0.2, 0.25) is 0 Å². The van der Waals surface area contributed by atoms with Crippen LogP contribution in [0.25, 0.3) is 0 Å². The molecular formula is C6H5NO2. The molecule has 0 bridgehead atoms. The van der Waals surface area contributed by atoms with E-state index in [0.29, 0.717) is 11.9 Å². The third kappa shape index (κ3) is 1.53. The van der Waals surface area contributed by atoms with Crippen LogP contribution in [-0.2, 0) is 9.63 Å². The van der Waals surface area contributed by atoms with Gasteiger partial charge in [-0.3, -0.25) is 4.79 Å². The summed E-state index contributed by atoms with van der Waals surface area (Å²) in [6, 6.07) is 0. The van der Waals surface area contributed by atoms with Crippen LogP contribution in [0.4, 0.5) is 0 Å². The molecule has 0 unspecified atom stereocenters. The van der Waals surface area contributed by atoms with E-state index in [4.69, 9.17) is 0 Å². The summed E-state index contributed by atoms with van der Waals surface area (Å²) < 4.78 is 0. The fraction of sp³-hybridized carbons (Fsp3) is 0. The molecule has 46 valence electrons. The van der Waals surface area contributed by atoms with Gasteiger partial charge in [0, 0.05) is 5.57 Å². The Morgan fingerprint density at radius 3 is 3.33 bits per heavy atom. The molecule has 0 aliphatic carbocycles. The van der Waals surface area contributed by atoms with Gasteiger partial charge < -0.3 is 4.84 Å². The monoisotopic (exact) mass is 123 g/mol. The Kier molecular flexibility index (Phi) is 1.80. The first kappa shape index (κ1) is 5.75. The zero-order valence-electron chi connectivity index (χ0n) is 4.65. The first-order valence-electron chi connectivity index (χ1n) is 2.44. The molecule has 0 fully saturated rings. The smallest absolute Gasteiger partial charge is 0.151 e. The van der Waals surface area contributed by atoms with Crippen molar-refractivity contribution in [2.24, 2.45) is 5.16 Å². The number of carbonyl (C=O) groups is 1. The zero-order valence-corrected chi connectivity index (χ0v) is 4.65. The minimum atomic E-state index is 0.503. The van der Waals surface area contributed by atoms with E-state index in [0.717, 1.165) is 0 Å². The van der Waals surface area contributed by atoms with Gasteiger partial charge in [0.25, 0.3) is 0 Å². The SMILES string of the molecule is O=CC1=CC=CON=C1. The highest BCUT2D eigenvalue weighted by molar-refractivity contribution is 6.01.